The molecule has 0 unspecified atom stereocenters. The molecule has 3 aromatic rings. The van der Waals surface area contributed by atoms with E-state index in [2.05, 4.69) is 35.6 Å². The second-order valence-corrected chi connectivity index (χ2v) is 7.38. The van der Waals surface area contributed by atoms with Crippen molar-refractivity contribution in [1.82, 2.24) is 10.2 Å². The van der Waals surface area contributed by atoms with Gasteiger partial charge in [0.25, 0.3) is 5.91 Å². The monoisotopic (exact) mass is 376 g/mol. The molecule has 4 rings (SSSR count). The maximum absolute atomic E-state index is 12.7. The van der Waals surface area contributed by atoms with Crippen LogP contribution in [0.15, 0.2) is 65.3 Å². The van der Waals surface area contributed by atoms with Crippen LogP contribution in [0.2, 0.25) is 0 Å². The molecule has 2 aromatic carbocycles. The summed E-state index contributed by atoms with van der Waals surface area (Å²) in [6, 6.07) is 17.8. The molecule has 2 amide bonds. The van der Waals surface area contributed by atoms with Crippen LogP contribution in [0.4, 0.5) is 0 Å². The molecule has 1 saturated heterocycles. The molecule has 1 aliphatic rings. The van der Waals surface area contributed by atoms with Gasteiger partial charge in [-0.05, 0) is 54.3 Å². The average molecular weight is 376 g/mol. The van der Waals surface area contributed by atoms with E-state index in [-0.39, 0.29) is 23.8 Å². The van der Waals surface area contributed by atoms with Gasteiger partial charge in [-0.15, -0.1) is 0 Å². The van der Waals surface area contributed by atoms with E-state index in [0.29, 0.717) is 31.7 Å². The molecular weight excluding hydrogens is 352 g/mol. The molecular formula is C23H24N2O3. The van der Waals surface area contributed by atoms with Gasteiger partial charge in [0.2, 0.25) is 5.91 Å². The van der Waals surface area contributed by atoms with Crippen molar-refractivity contribution in [3.63, 3.8) is 0 Å². The molecule has 1 atom stereocenters. The van der Waals surface area contributed by atoms with Gasteiger partial charge >= 0.3 is 0 Å². The summed E-state index contributed by atoms with van der Waals surface area (Å²) in [4.78, 5) is 26.8. The van der Waals surface area contributed by atoms with Gasteiger partial charge in [-0.2, -0.15) is 0 Å². The highest BCUT2D eigenvalue weighted by atomic mass is 16.3. The second-order valence-electron chi connectivity index (χ2n) is 7.38. The van der Waals surface area contributed by atoms with Crippen LogP contribution in [0.25, 0.3) is 10.8 Å². The number of furan rings is 1. The third-order valence-corrected chi connectivity index (χ3v) is 5.52. The van der Waals surface area contributed by atoms with Crippen LogP contribution < -0.4 is 5.32 Å². The Hall–Kier alpha value is -3.08. The van der Waals surface area contributed by atoms with Crippen LogP contribution >= 0.6 is 0 Å². The van der Waals surface area contributed by atoms with Crippen molar-refractivity contribution in [2.45, 2.75) is 25.8 Å². The number of piperidine rings is 1. The van der Waals surface area contributed by atoms with E-state index in [1.165, 1.54) is 17.0 Å². The Morgan fingerprint density at radius 3 is 2.50 bits per heavy atom. The topological polar surface area (TPSA) is 62.6 Å². The molecule has 0 aliphatic carbocycles. The lowest BCUT2D eigenvalue weighted by atomic mass is 9.94. The first kappa shape index (κ1) is 18.3. The molecule has 1 aliphatic heterocycles. The number of likely N-dealkylation sites (tertiary alicyclic amines) is 1. The molecule has 0 spiro atoms. The Kier molecular flexibility index (Phi) is 5.15. The number of amides is 2. The quantitative estimate of drug-likeness (QED) is 0.744. The zero-order valence-corrected chi connectivity index (χ0v) is 15.9. The number of hydrogen-bond acceptors (Lipinski definition) is 3. The van der Waals surface area contributed by atoms with Crippen molar-refractivity contribution in [2.75, 3.05) is 13.1 Å². The fourth-order valence-corrected chi connectivity index (χ4v) is 3.79. The lowest BCUT2D eigenvalue weighted by molar-refractivity contribution is -0.127. The SMILES string of the molecule is C[C@H](NC(=O)C1CCN(C(=O)c2ccco2)CC1)c1ccc2ccccc2c1. The lowest BCUT2D eigenvalue weighted by Crippen LogP contribution is -2.43. The van der Waals surface area contributed by atoms with E-state index in [0.717, 1.165) is 5.56 Å². The maximum atomic E-state index is 12.7. The van der Waals surface area contributed by atoms with Gasteiger partial charge in [0, 0.05) is 19.0 Å². The second kappa shape index (κ2) is 7.89. The number of rotatable bonds is 4. The van der Waals surface area contributed by atoms with Crippen LogP contribution in [0, 0.1) is 5.92 Å². The molecule has 5 heteroatoms. The van der Waals surface area contributed by atoms with Crippen molar-refractivity contribution in [3.8, 4) is 0 Å². The summed E-state index contributed by atoms with van der Waals surface area (Å²) < 4.78 is 5.18. The standard InChI is InChI=1S/C23H24N2O3/c1-16(19-9-8-17-5-2-3-6-20(17)15-19)24-22(26)18-10-12-25(13-11-18)23(27)21-7-4-14-28-21/h2-9,14-16,18H,10-13H2,1H3,(H,24,26)/t16-/m0/s1. The third-order valence-electron chi connectivity index (χ3n) is 5.52. The molecule has 5 nitrogen and oxygen atoms in total. The highest BCUT2D eigenvalue weighted by Crippen LogP contribution is 2.23. The van der Waals surface area contributed by atoms with Gasteiger partial charge in [0.15, 0.2) is 5.76 Å². The number of carbonyl (C=O) groups excluding carboxylic acids is 2. The average Bonchev–Trinajstić information content (AvgIpc) is 3.28. The summed E-state index contributed by atoms with van der Waals surface area (Å²) in [7, 11) is 0. The van der Waals surface area contributed by atoms with Gasteiger partial charge in [-0.3, -0.25) is 9.59 Å². The fourth-order valence-electron chi connectivity index (χ4n) is 3.79. The lowest BCUT2D eigenvalue weighted by Gasteiger charge is -2.31. The molecule has 0 saturated carbocycles. The fraction of sp³-hybridized carbons (Fsp3) is 0.304. The van der Waals surface area contributed by atoms with Crippen molar-refractivity contribution in [1.29, 1.82) is 0 Å². The van der Waals surface area contributed by atoms with Crippen LogP contribution in [0.1, 0.15) is 41.9 Å². The van der Waals surface area contributed by atoms with E-state index in [9.17, 15) is 9.59 Å². The van der Waals surface area contributed by atoms with Crippen LogP contribution in [-0.4, -0.2) is 29.8 Å². The van der Waals surface area contributed by atoms with Crippen molar-refractivity contribution in [2.24, 2.45) is 5.92 Å². The smallest absolute Gasteiger partial charge is 0.289 e. The van der Waals surface area contributed by atoms with Crippen molar-refractivity contribution >= 4 is 22.6 Å². The van der Waals surface area contributed by atoms with Gasteiger partial charge in [0.05, 0.1) is 12.3 Å². The van der Waals surface area contributed by atoms with E-state index in [4.69, 9.17) is 4.42 Å². The van der Waals surface area contributed by atoms with Crippen LogP contribution in [0.5, 0.6) is 0 Å². The first-order valence-electron chi connectivity index (χ1n) is 9.73. The third kappa shape index (κ3) is 3.79. The van der Waals surface area contributed by atoms with E-state index >= 15 is 0 Å². The van der Waals surface area contributed by atoms with Crippen LogP contribution in [0.3, 0.4) is 0 Å². The Morgan fingerprint density at radius 1 is 1.04 bits per heavy atom. The van der Waals surface area contributed by atoms with Gasteiger partial charge in [-0.1, -0.05) is 36.4 Å². The maximum Gasteiger partial charge on any atom is 0.289 e. The Morgan fingerprint density at radius 2 is 1.79 bits per heavy atom. The molecule has 1 aromatic heterocycles. The minimum Gasteiger partial charge on any atom is -0.459 e. The summed E-state index contributed by atoms with van der Waals surface area (Å²) in [5.41, 5.74) is 1.09. The van der Waals surface area contributed by atoms with E-state index < -0.39 is 0 Å². The van der Waals surface area contributed by atoms with Crippen molar-refractivity contribution in [3.05, 3.63) is 72.2 Å². The highest BCUT2D eigenvalue weighted by molar-refractivity contribution is 5.91. The summed E-state index contributed by atoms with van der Waals surface area (Å²) in [5.74, 6) is 0.246. The Labute approximate surface area is 164 Å². The van der Waals surface area contributed by atoms with Crippen molar-refractivity contribution < 1.29 is 14.0 Å². The number of hydrogen-bond donors (Lipinski definition) is 1. The number of benzene rings is 2. The van der Waals surface area contributed by atoms with Gasteiger partial charge in [-0.25, -0.2) is 0 Å². The molecule has 1 N–H and O–H groups in total. The largest absolute Gasteiger partial charge is 0.459 e. The van der Waals surface area contributed by atoms with E-state index in [1.54, 1.807) is 17.0 Å². The number of nitrogens with zero attached hydrogens (tertiary/aromatic N) is 1. The zero-order chi connectivity index (χ0) is 19.5. The molecule has 0 radical (unpaired) electrons. The number of fused-ring (bicyclic) bond motifs is 1. The summed E-state index contributed by atoms with van der Waals surface area (Å²) >= 11 is 0. The Bertz CT molecular complexity index is 972. The summed E-state index contributed by atoms with van der Waals surface area (Å²) in [6.07, 6.45) is 2.84. The van der Waals surface area contributed by atoms with Crippen LogP contribution in [-0.2, 0) is 4.79 Å². The molecule has 1 fully saturated rings. The van der Waals surface area contributed by atoms with Gasteiger partial charge in [0.1, 0.15) is 0 Å². The number of nitrogens with one attached hydrogen (secondary N) is 1. The minimum absolute atomic E-state index is 0.0557. The predicted octanol–water partition coefficient (Wildman–Crippen LogP) is 4.16. The normalized spacial score (nSPS) is 16.1. The highest BCUT2D eigenvalue weighted by Gasteiger charge is 2.29. The minimum atomic E-state index is -0.103. The summed E-state index contributed by atoms with van der Waals surface area (Å²) in [6.45, 7) is 3.15. The first-order valence-corrected chi connectivity index (χ1v) is 9.73. The predicted molar refractivity (Wildman–Crippen MR) is 108 cm³/mol. The molecule has 144 valence electrons. The zero-order valence-electron chi connectivity index (χ0n) is 15.9. The number of carbonyl (C=O) groups is 2. The summed E-state index contributed by atoms with van der Waals surface area (Å²) in [5, 5.41) is 5.51. The molecule has 28 heavy (non-hydrogen) atoms. The molecule has 0 bridgehead atoms. The molecule has 2 heterocycles. The van der Waals surface area contributed by atoms with Gasteiger partial charge < -0.3 is 14.6 Å². The first-order chi connectivity index (χ1) is 13.6. The Balaban J connectivity index is 1.34. The van der Waals surface area contributed by atoms with E-state index in [1.807, 2.05) is 19.1 Å².